The highest BCUT2D eigenvalue weighted by Gasteiger charge is 2.21. The van der Waals surface area contributed by atoms with Crippen molar-refractivity contribution in [1.82, 2.24) is 4.57 Å². The van der Waals surface area contributed by atoms with Crippen LogP contribution in [0.1, 0.15) is 29.4 Å². The Kier molecular flexibility index (Phi) is 3.87. The van der Waals surface area contributed by atoms with Crippen molar-refractivity contribution < 1.29 is 9.53 Å². The van der Waals surface area contributed by atoms with Crippen molar-refractivity contribution in [2.24, 2.45) is 0 Å². The Morgan fingerprint density at radius 1 is 1.33 bits per heavy atom. The highest BCUT2D eigenvalue weighted by molar-refractivity contribution is 7.07. The van der Waals surface area contributed by atoms with E-state index in [9.17, 15) is 4.79 Å². The van der Waals surface area contributed by atoms with Crippen LogP contribution in [0.25, 0.3) is 0 Å². The minimum absolute atomic E-state index is 0.0266. The fourth-order valence-electron chi connectivity index (χ4n) is 2.24. The van der Waals surface area contributed by atoms with Crippen LogP contribution >= 0.6 is 11.3 Å². The molecule has 0 saturated carbocycles. The summed E-state index contributed by atoms with van der Waals surface area (Å²) >= 11 is 1.65. The average Bonchev–Trinajstić information content (AvgIpc) is 2.98. The molecule has 0 aliphatic rings. The molecule has 4 heteroatoms. The maximum Gasteiger partial charge on any atom is 0.307 e. The second-order valence-electron chi connectivity index (χ2n) is 4.34. The lowest BCUT2D eigenvalue weighted by Gasteiger charge is -2.21. The highest BCUT2D eigenvalue weighted by atomic mass is 32.1. The average molecular weight is 263 g/mol. The Hall–Kier alpha value is -1.55. The van der Waals surface area contributed by atoms with Crippen LogP contribution in [0.15, 0.2) is 29.0 Å². The first-order valence-electron chi connectivity index (χ1n) is 5.87. The topological polar surface area (TPSA) is 31.2 Å². The summed E-state index contributed by atoms with van der Waals surface area (Å²) in [5, 5.41) is 4.13. The molecule has 0 aliphatic heterocycles. The smallest absolute Gasteiger partial charge is 0.307 e. The van der Waals surface area contributed by atoms with Crippen LogP contribution < -0.4 is 0 Å². The number of carbonyl (C=O) groups is 1. The summed E-state index contributed by atoms with van der Waals surface area (Å²) in [6, 6.07) is 6.24. The van der Waals surface area contributed by atoms with E-state index < -0.39 is 0 Å². The van der Waals surface area contributed by atoms with Crippen molar-refractivity contribution in [3.63, 3.8) is 0 Å². The zero-order chi connectivity index (χ0) is 13.1. The molecule has 0 fully saturated rings. The molecule has 0 unspecified atom stereocenters. The van der Waals surface area contributed by atoms with E-state index in [1.165, 1.54) is 7.11 Å². The van der Waals surface area contributed by atoms with Crippen molar-refractivity contribution in [2.75, 3.05) is 7.11 Å². The Morgan fingerprint density at radius 2 is 2.00 bits per heavy atom. The van der Waals surface area contributed by atoms with E-state index >= 15 is 0 Å². The molecular weight excluding hydrogens is 246 g/mol. The second kappa shape index (κ2) is 5.40. The van der Waals surface area contributed by atoms with Gasteiger partial charge in [-0.25, -0.2) is 0 Å². The number of ether oxygens (including phenoxy) is 1. The zero-order valence-electron chi connectivity index (χ0n) is 10.8. The fourth-order valence-corrected chi connectivity index (χ4v) is 2.94. The van der Waals surface area contributed by atoms with Crippen molar-refractivity contribution in [2.45, 2.75) is 26.3 Å². The van der Waals surface area contributed by atoms with Crippen LogP contribution in [0.5, 0.6) is 0 Å². The minimum atomic E-state index is -0.182. The Labute approximate surface area is 111 Å². The van der Waals surface area contributed by atoms with Gasteiger partial charge in [0.05, 0.1) is 19.6 Å². The second-order valence-corrected chi connectivity index (χ2v) is 5.12. The van der Waals surface area contributed by atoms with Gasteiger partial charge < -0.3 is 9.30 Å². The molecule has 3 nitrogen and oxygen atoms in total. The Bertz CT molecular complexity index is 508. The molecule has 0 bridgehead atoms. The quantitative estimate of drug-likeness (QED) is 0.792. The monoisotopic (exact) mass is 263 g/mol. The molecule has 0 N–H and O–H groups in total. The van der Waals surface area contributed by atoms with Gasteiger partial charge in [-0.15, -0.1) is 0 Å². The fraction of sp³-hybridized carbons (Fsp3) is 0.357. The number of nitrogens with zero attached hydrogens (tertiary/aromatic N) is 1. The first-order chi connectivity index (χ1) is 8.63. The minimum Gasteiger partial charge on any atom is -0.469 e. The van der Waals surface area contributed by atoms with Crippen molar-refractivity contribution in [3.8, 4) is 0 Å². The number of hydrogen-bond donors (Lipinski definition) is 0. The number of esters is 1. The molecule has 0 radical (unpaired) electrons. The van der Waals surface area contributed by atoms with Gasteiger partial charge in [0.25, 0.3) is 0 Å². The molecule has 18 heavy (non-hydrogen) atoms. The van der Waals surface area contributed by atoms with E-state index in [2.05, 4.69) is 42.0 Å². The molecule has 0 aromatic carbocycles. The normalized spacial score (nSPS) is 12.4. The van der Waals surface area contributed by atoms with Gasteiger partial charge in [0.1, 0.15) is 0 Å². The molecule has 0 spiro atoms. The van der Waals surface area contributed by atoms with Crippen LogP contribution in [0.4, 0.5) is 0 Å². The third kappa shape index (κ3) is 2.48. The molecule has 2 aromatic heterocycles. The number of aromatic nitrogens is 1. The summed E-state index contributed by atoms with van der Waals surface area (Å²) in [4.78, 5) is 11.6. The molecule has 0 saturated heterocycles. The predicted molar refractivity (Wildman–Crippen MR) is 73.0 cm³/mol. The van der Waals surface area contributed by atoms with E-state index in [4.69, 9.17) is 4.74 Å². The molecule has 2 rings (SSSR count). The van der Waals surface area contributed by atoms with Gasteiger partial charge in [-0.2, -0.15) is 11.3 Å². The van der Waals surface area contributed by atoms with Crippen molar-refractivity contribution >= 4 is 17.3 Å². The SMILES string of the molecule is COC(=O)C[C@H](c1ccsc1)n1c(C)ccc1C. The van der Waals surface area contributed by atoms with E-state index in [-0.39, 0.29) is 12.0 Å². The van der Waals surface area contributed by atoms with E-state index in [0.29, 0.717) is 6.42 Å². The third-order valence-electron chi connectivity index (χ3n) is 3.15. The van der Waals surface area contributed by atoms with Gasteiger partial charge in [-0.3, -0.25) is 4.79 Å². The molecular formula is C14H17NO2S. The number of carbonyl (C=O) groups excluding carboxylic acids is 1. The molecule has 2 aromatic rings. The highest BCUT2D eigenvalue weighted by Crippen LogP contribution is 2.28. The first kappa shape index (κ1) is 12.9. The van der Waals surface area contributed by atoms with Crippen LogP contribution in [0, 0.1) is 13.8 Å². The lowest BCUT2D eigenvalue weighted by molar-refractivity contribution is -0.141. The van der Waals surface area contributed by atoms with Crippen molar-refractivity contribution in [3.05, 3.63) is 45.9 Å². The Morgan fingerprint density at radius 3 is 2.50 bits per heavy atom. The lowest BCUT2D eigenvalue weighted by atomic mass is 10.1. The molecule has 96 valence electrons. The lowest BCUT2D eigenvalue weighted by Crippen LogP contribution is -2.17. The van der Waals surface area contributed by atoms with Gasteiger partial charge in [0.2, 0.25) is 0 Å². The number of aryl methyl sites for hydroxylation is 2. The molecule has 0 aliphatic carbocycles. The van der Waals surface area contributed by atoms with E-state index in [0.717, 1.165) is 17.0 Å². The molecule has 0 amide bonds. The Balaban J connectivity index is 2.39. The summed E-state index contributed by atoms with van der Waals surface area (Å²) in [5.41, 5.74) is 3.48. The first-order valence-corrected chi connectivity index (χ1v) is 6.81. The third-order valence-corrected chi connectivity index (χ3v) is 3.85. The number of rotatable bonds is 4. The largest absolute Gasteiger partial charge is 0.469 e. The molecule has 1 atom stereocenters. The summed E-state index contributed by atoms with van der Waals surface area (Å²) < 4.78 is 7.00. The van der Waals surface area contributed by atoms with Crippen LogP contribution in [0.3, 0.4) is 0 Å². The maximum atomic E-state index is 11.6. The number of thiophene rings is 1. The summed E-state index contributed by atoms with van der Waals surface area (Å²) in [6.45, 7) is 4.12. The van der Waals surface area contributed by atoms with Gasteiger partial charge in [-0.1, -0.05) is 0 Å². The summed E-state index contributed by atoms with van der Waals surface area (Å²) in [5.74, 6) is -0.182. The summed E-state index contributed by atoms with van der Waals surface area (Å²) in [7, 11) is 1.43. The van der Waals surface area contributed by atoms with Crippen molar-refractivity contribution in [1.29, 1.82) is 0 Å². The van der Waals surface area contributed by atoms with Gasteiger partial charge >= 0.3 is 5.97 Å². The zero-order valence-corrected chi connectivity index (χ0v) is 11.7. The van der Waals surface area contributed by atoms with Crippen LogP contribution in [0.2, 0.25) is 0 Å². The van der Waals surface area contributed by atoms with Crippen LogP contribution in [-0.4, -0.2) is 17.6 Å². The van der Waals surface area contributed by atoms with Gasteiger partial charge in [0, 0.05) is 11.4 Å². The maximum absolute atomic E-state index is 11.6. The van der Waals surface area contributed by atoms with E-state index in [1.54, 1.807) is 11.3 Å². The summed E-state index contributed by atoms with van der Waals surface area (Å²) in [6.07, 6.45) is 0.365. The van der Waals surface area contributed by atoms with Gasteiger partial charge in [0.15, 0.2) is 0 Å². The van der Waals surface area contributed by atoms with Gasteiger partial charge in [-0.05, 0) is 48.4 Å². The standard InChI is InChI=1S/C14H17NO2S/c1-10-4-5-11(2)15(10)13(8-14(16)17-3)12-6-7-18-9-12/h4-7,9,13H,8H2,1-3H3/t13-/m1/s1. The molecule has 2 heterocycles. The van der Waals surface area contributed by atoms with E-state index in [1.807, 2.05) is 5.38 Å². The number of hydrogen-bond acceptors (Lipinski definition) is 3. The van der Waals surface area contributed by atoms with Crippen LogP contribution in [-0.2, 0) is 9.53 Å². The number of methoxy groups -OCH3 is 1. The predicted octanol–water partition coefficient (Wildman–Crippen LogP) is 3.32.